The van der Waals surface area contributed by atoms with Crippen molar-refractivity contribution >= 4 is 64.0 Å². The Labute approximate surface area is 180 Å². The van der Waals surface area contributed by atoms with Crippen LogP contribution in [0.1, 0.15) is 5.82 Å². The van der Waals surface area contributed by atoms with Gasteiger partial charge in [0.05, 0.1) is 0 Å². The first-order chi connectivity index (χ1) is 13.1. The van der Waals surface area contributed by atoms with Gasteiger partial charge in [0.1, 0.15) is 25.5 Å². The van der Waals surface area contributed by atoms with Gasteiger partial charge in [-0.25, -0.2) is 14.3 Å². The van der Waals surface area contributed by atoms with Gasteiger partial charge < -0.3 is 20.2 Å². The summed E-state index contributed by atoms with van der Waals surface area (Å²) in [5.41, 5.74) is 0.547. The minimum Gasteiger partial charge on any atom is -0.445 e. The number of anilines is 1. The van der Waals surface area contributed by atoms with Gasteiger partial charge in [0, 0.05) is 17.6 Å². The van der Waals surface area contributed by atoms with Crippen molar-refractivity contribution in [2.24, 2.45) is 0 Å². The topological polar surface area (TPSA) is 111 Å². The van der Waals surface area contributed by atoms with Gasteiger partial charge in [-0.1, -0.05) is 46.4 Å². The lowest BCUT2D eigenvalue weighted by Crippen LogP contribution is -2.49. The van der Waals surface area contributed by atoms with E-state index in [1.165, 1.54) is 4.57 Å². The van der Waals surface area contributed by atoms with Crippen molar-refractivity contribution in [3.8, 4) is 0 Å². The van der Waals surface area contributed by atoms with E-state index in [-0.39, 0.29) is 19.0 Å². The maximum Gasteiger partial charge on any atom is 0.409 e. The fraction of sp³-hybridized carbons (Fsp3) is 0.333. The number of aryl methyl sites for hydroxylation is 1. The van der Waals surface area contributed by atoms with Crippen LogP contribution < -0.4 is 10.6 Å². The minimum absolute atomic E-state index is 0.0403. The summed E-state index contributed by atoms with van der Waals surface area (Å²) >= 11 is 23.5. The van der Waals surface area contributed by atoms with E-state index in [1.807, 2.05) is 0 Å². The maximum atomic E-state index is 12.0. The molecule has 0 aliphatic rings. The normalized spacial score (nSPS) is 12.3. The number of imidazole rings is 1. The third-order valence-electron chi connectivity index (χ3n) is 3.51. The number of hydrogen-bond donors (Lipinski definition) is 2. The highest BCUT2D eigenvalue weighted by Crippen LogP contribution is 2.31. The number of nitrogens with one attached hydrogen (secondary N) is 2. The summed E-state index contributed by atoms with van der Waals surface area (Å²) in [6.45, 7) is 1.48. The molecule has 9 nitrogen and oxygen atoms in total. The fourth-order valence-electron chi connectivity index (χ4n) is 2.18. The number of hydrogen-bond acceptors (Lipinski definition) is 6. The lowest BCUT2D eigenvalue weighted by molar-refractivity contribution is -0.392. The number of ether oxygens (including phenoxy) is 1. The van der Waals surface area contributed by atoms with Crippen molar-refractivity contribution in [3.05, 3.63) is 51.4 Å². The molecule has 2 N–H and O–H groups in total. The van der Waals surface area contributed by atoms with E-state index in [1.54, 1.807) is 31.2 Å². The van der Waals surface area contributed by atoms with Gasteiger partial charge in [0.15, 0.2) is 5.82 Å². The number of nitrogens with zero attached hydrogens (tertiary/aromatic N) is 3. The van der Waals surface area contributed by atoms with Crippen LogP contribution in [-0.4, -0.2) is 37.1 Å². The lowest BCUT2D eigenvalue weighted by Gasteiger charge is -2.27. The van der Waals surface area contributed by atoms with Crippen LogP contribution in [0.3, 0.4) is 0 Å². The van der Waals surface area contributed by atoms with Crippen molar-refractivity contribution < 1.29 is 14.5 Å². The van der Waals surface area contributed by atoms with Crippen LogP contribution in [0.4, 0.5) is 16.3 Å². The zero-order chi connectivity index (χ0) is 20.9. The highest BCUT2D eigenvalue weighted by molar-refractivity contribution is 6.68. The molecule has 0 saturated heterocycles. The van der Waals surface area contributed by atoms with E-state index in [9.17, 15) is 14.9 Å². The minimum atomic E-state index is -1.89. The molecule has 0 radical (unpaired) electrons. The summed E-state index contributed by atoms with van der Waals surface area (Å²) in [6.07, 6.45) is -0.863. The maximum absolute atomic E-state index is 12.0. The molecule has 0 saturated carbocycles. The van der Waals surface area contributed by atoms with Gasteiger partial charge in [-0.2, -0.15) is 0 Å². The molecule has 1 amide bonds. The molecule has 0 spiro atoms. The average molecular weight is 471 g/mol. The molecule has 13 heteroatoms. The van der Waals surface area contributed by atoms with Gasteiger partial charge in [-0.15, -0.1) is 0 Å². The van der Waals surface area contributed by atoms with E-state index < -0.39 is 21.0 Å². The third-order valence-corrected chi connectivity index (χ3v) is 4.42. The second-order valence-corrected chi connectivity index (χ2v) is 8.28. The second-order valence-electron chi connectivity index (χ2n) is 5.48. The Balaban J connectivity index is 1.94. The standard InChI is InChI=1S/C15H15Cl4N5O4/c1-9-20-8-12(24(26)27)23(9)6-7-28-14(25)22-13(15(17,18)19)21-11-4-2-10(16)3-5-11/h2-5,8,13,21H,6-7H2,1H3,(H,22,25). The van der Waals surface area contributed by atoms with Crippen LogP contribution in [0.25, 0.3) is 0 Å². The molecule has 0 aliphatic heterocycles. The van der Waals surface area contributed by atoms with E-state index in [0.717, 1.165) is 6.20 Å². The van der Waals surface area contributed by atoms with Crippen LogP contribution in [0.5, 0.6) is 0 Å². The average Bonchev–Trinajstić information content (AvgIpc) is 2.96. The van der Waals surface area contributed by atoms with Gasteiger partial charge in [0.25, 0.3) is 0 Å². The van der Waals surface area contributed by atoms with Crippen LogP contribution in [-0.2, 0) is 11.3 Å². The predicted octanol–water partition coefficient (Wildman–Crippen LogP) is 4.29. The predicted molar refractivity (Wildman–Crippen MR) is 107 cm³/mol. The molecule has 2 aromatic rings. The third kappa shape index (κ3) is 6.30. The van der Waals surface area contributed by atoms with Gasteiger partial charge in [-0.3, -0.25) is 5.32 Å². The Bertz CT molecular complexity index is 838. The molecule has 2 rings (SSSR count). The monoisotopic (exact) mass is 469 g/mol. The zero-order valence-electron chi connectivity index (χ0n) is 14.4. The Morgan fingerprint density at radius 1 is 1.36 bits per heavy atom. The van der Waals surface area contributed by atoms with Crippen molar-refractivity contribution in [1.82, 2.24) is 14.9 Å². The molecule has 0 fully saturated rings. The van der Waals surface area contributed by atoms with E-state index in [2.05, 4.69) is 15.6 Å². The molecule has 152 valence electrons. The Hall–Kier alpha value is -1.94. The number of benzene rings is 1. The number of carbonyl (C=O) groups is 1. The summed E-state index contributed by atoms with van der Waals surface area (Å²) in [6, 6.07) is 6.52. The zero-order valence-corrected chi connectivity index (χ0v) is 17.4. The molecular formula is C15H15Cl4N5O4. The van der Waals surface area contributed by atoms with Crippen molar-refractivity contribution in [2.75, 3.05) is 11.9 Å². The Morgan fingerprint density at radius 3 is 2.57 bits per heavy atom. The number of nitro groups is 1. The fourth-order valence-corrected chi connectivity index (χ4v) is 2.63. The highest BCUT2D eigenvalue weighted by atomic mass is 35.6. The quantitative estimate of drug-likeness (QED) is 0.270. The number of alkyl halides is 3. The van der Waals surface area contributed by atoms with Crippen molar-refractivity contribution in [2.45, 2.75) is 23.4 Å². The first-order valence-corrected chi connectivity index (χ1v) is 9.27. The Kier molecular flexibility index (Phi) is 7.59. The van der Waals surface area contributed by atoms with E-state index in [4.69, 9.17) is 51.1 Å². The summed E-state index contributed by atoms with van der Waals surface area (Å²) in [5.74, 6) is 0.212. The van der Waals surface area contributed by atoms with Crippen LogP contribution >= 0.6 is 46.4 Å². The molecule has 0 bridgehead atoms. The summed E-state index contributed by atoms with van der Waals surface area (Å²) < 4.78 is 4.45. The summed E-state index contributed by atoms with van der Waals surface area (Å²) in [7, 11) is 0. The Morgan fingerprint density at radius 2 is 2.00 bits per heavy atom. The summed E-state index contributed by atoms with van der Waals surface area (Å²) in [5, 5.41) is 16.7. The van der Waals surface area contributed by atoms with E-state index in [0.29, 0.717) is 16.5 Å². The highest BCUT2D eigenvalue weighted by Gasteiger charge is 2.34. The first kappa shape index (κ1) is 22.4. The molecule has 1 aromatic carbocycles. The van der Waals surface area contributed by atoms with Crippen LogP contribution in [0, 0.1) is 17.0 Å². The molecule has 1 heterocycles. The smallest absolute Gasteiger partial charge is 0.409 e. The van der Waals surface area contributed by atoms with Crippen molar-refractivity contribution in [3.63, 3.8) is 0 Å². The van der Waals surface area contributed by atoms with Crippen LogP contribution in [0.15, 0.2) is 30.5 Å². The number of carbonyl (C=O) groups excluding carboxylic acids is 1. The number of amides is 1. The lowest BCUT2D eigenvalue weighted by atomic mass is 10.3. The molecule has 1 unspecified atom stereocenters. The van der Waals surface area contributed by atoms with Gasteiger partial charge in [0.2, 0.25) is 3.79 Å². The van der Waals surface area contributed by atoms with Crippen molar-refractivity contribution in [1.29, 1.82) is 0 Å². The molecule has 1 aromatic heterocycles. The molecule has 0 aliphatic carbocycles. The molecular weight excluding hydrogens is 456 g/mol. The number of alkyl carbamates (subject to hydrolysis) is 1. The number of aromatic nitrogens is 2. The molecule has 28 heavy (non-hydrogen) atoms. The first-order valence-electron chi connectivity index (χ1n) is 7.76. The SMILES string of the molecule is Cc1ncc([N+](=O)[O-])n1CCOC(=O)NC(Nc1ccc(Cl)cc1)C(Cl)(Cl)Cl. The van der Waals surface area contributed by atoms with E-state index >= 15 is 0 Å². The number of rotatable bonds is 7. The molecule has 1 atom stereocenters. The second kappa shape index (κ2) is 9.51. The summed E-state index contributed by atoms with van der Waals surface area (Å²) in [4.78, 5) is 26.3. The largest absolute Gasteiger partial charge is 0.445 e. The number of halogens is 4. The van der Waals surface area contributed by atoms with Gasteiger partial charge >= 0.3 is 11.9 Å². The van der Waals surface area contributed by atoms with Gasteiger partial charge in [-0.05, 0) is 29.2 Å². The van der Waals surface area contributed by atoms with Crippen LogP contribution in [0.2, 0.25) is 5.02 Å².